The second-order valence-corrected chi connectivity index (χ2v) is 3.80. The number of aliphatic hydroxyl groups is 1. The van der Waals surface area contributed by atoms with Crippen molar-refractivity contribution in [1.82, 2.24) is 15.1 Å². The number of hydrogen-bond donors (Lipinski definition) is 4. The van der Waals surface area contributed by atoms with Gasteiger partial charge in [0.05, 0.1) is 5.70 Å². The highest BCUT2D eigenvalue weighted by Gasteiger charge is 2.49. The van der Waals surface area contributed by atoms with Crippen molar-refractivity contribution in [2.45, 2.75) is 12.1 Å². The molecule has 0 fully saturated rings. The van der Waals surface area contributed by atoms with E-state index in [9.17, 15) is 5.21 Å². The van der Waals surface area contributed by atoms with E-state index in [0.717, 1.165) is 5.17 Å². The first-order valence-electron chi connectivity index (χ1n) is 4.66. The minimum atomic E-state index is -0.770. The van der Waals surface area contributed by atoms with Gasteiger partial charge in [0.2, 0.25) is 0 Å². The second kappa shape index (κ2) is 3.86. The van der Waals surface area contributed by atoms with Crippen LogP contribution < -0.4 is 11.5 Å². The summed E-state index contributed by atoms with van der Waals surface area (Å²) in [5.74, 6) is 0.0969. The lowest BCUT2D eigenvalue weighted by molar-refractivity contribution is -0.245. The highest BCUT2D eigenvalue weighted by atomic mass is 16.6. The standard InChI is InChI=1S/C8H19N5O2/c1-11(2)8(4-5-14)6(9)7(10)13(15)12(8)3/h14-15H,4-5,9-10H2,1-3H3. The Morgan fingerprint density at radius 3 is 2.20 bits per heavy atom. The van der Waals surface area contributed by atoms with Gasteiger partial charge >= 0.3 is 0 Å². The summed E-state index contributed by atoms with van der Waals surface area (Å²) in [5.41, 5.74) is 11.1. The van der Waals surface area contributed by atoms with Crippen molar-refractivity contribution in [1.29, 1.82) is 0 Å². The molecule has 6 N–H and O–H groups in total. The number of hydrogen-bond acceptors (Lipinski definition) is 7. The average Bonchev–Trinajstić information content (AvgIpc) is 2.34. The predicted octanol–water partition coefficient (Wildman–Crippen LogP) is -1.74. The largest absolute Gasteiger partial charge is 0.396 e. The molecule has 0 aromatic carbocycles. The maximum Gasteiger partial charge on any atom is 0.165 e. The first kappa shape index (κ1) is 12.1. The molecule has 0 aromatic heterocycles. The van der Waals surface area contributed by atoms with Crippen LogP contribution in [0.5, 0.6) is 0 Å². The van der Waals surface area contributed by atoms with Crippen molar-refractivity contribution in [2.75, 3.05) is 27.7 Å². The fraction of sp³-hybridized carbons (Fsp3) is 0.750. The average molecular weight is 217 g/mol. The van der Waals surface area contributed by atoms with E-state index in [0.29, 0.717) is 12.1 Å². The minimum Gasteiger partial charge on any atom is -0.396 e. The zero-order valence-electron chi connectivity index (χ0n) is 9.30. The number of nitrogens with two attached hydrogens (primary N) is 2. The Morgan fingerprint density at radius 2 is 1.93 bits per heavy atom. The minimum absolute atomic E-state index is 0.0513. The molecule has 1 aliphatic heterocycles. The number of nitrogens with zero attached hydrogens (tertiary/aromatic N) is 3. The van der Waals surface area contributed by atoms with E-state index in [1.807, 2.05) is 19.0 Å². The van der Waals surface area contributed by atoms with Crippen LogP contribution in [0.25, 0.3) is 0 Å². The smallest absolute Gasteiger partial charge is 0.165 e. The van der Waals surface area contributed by atoms with Crippen LogP contribution in [0.3, 0.4) is 0 Å². The van der Waals surface area contributed by atoms with Crippen LogP contribution in [0.2, 0.25) is 0 Å². The molecule has 0 radical (unpaired) electrons. The lowest BCUT2D eigenvalue weighted by atomic mass is 10.0. The summed E-state index contributed by atoms with van der Waals surface area (Å²) in [6.07, 6.45) is 0.361. The SMILES string of the molecule is CN(C)C1(CCO)C(N)=C(N)N(O)N1C. The van der Waals surface area contributed by atoms with E-state index >= 15 is 0 Å². The third kappa shape index (κ3) is 1.44. The third-order valence-electron chi connectivity index (χ3n) is 2.94. The first-order chi connectivity index (χ1) is 6.89. The van der Waals surface area contributed by atoms with E-state index in [1.165, 1.54) is 5.01 Å². The molecular weight excluding hydrogens is 198 g/mol. The Hall–Kier alpha value is -1.02. The Kier molecular flexibility index (Phi) is 3.10. The second-order valence-electron chi connectivity index (χ2n) is 3.80. The molecule has 0 aromatic rings. The summed E-state index contributed by atoms with van der Waals surface area (Å²) in [4.78, 5) is 1.81. The molecule has 0 aliphatic carbocycles. The van der Waals surface area contributed by atoms with Crippen molar-refractivity contribution in [3.63, 3.8) is 0 Å². The summed E-state index contributed by atoms with van der Waals surface area (Å²) in [5, 5.41) is 21.0. The van der Waals surface area contributed by atoms with Crippen molar-refractivity contribution < 1.29 is 10.3 Å². The molecule has 0 saturated carbocycles. The summed E-state index contributed by atoms with van der Waals surface area (Å²) in [6, 6.07) is 0. The van der Waals surface area contributed by atoms with Gasteiger partial charge in [-0.15, -0.1) is 0 Å². The van der Waals surface area contributed by atoms with Gasteiger partial charge in [-0.2, -0.15) is 10.2 Å². The molecule has 15 heavy (non-hydrogen) atoms. The number of hydrazine groups is 1. The van der Waals surface area contributed by atoms with Crippen LogP contribution in [0.15, 0.2) is 11.5 Å². The van der Waals surface area contributed by atoms with Gasteiger partial charge in [0.25, 0.3) is 0 Å². The fourth-order valence-electron chi connectivity index (χ4n) is 2.01. The van der Waals surface area contributed by atoms with Gasteiger partial charge in [-0.25, -0.2) is 0 Å². The molecule has 1 aliphatic rings. The van der Waals surface area contributed by atoms with E-state index in [2.05, 4.69) is 0 Å². The topological polar surface area (TPSA) is 102 Å². The molecular formula is C8H19N5O2. The maximum atomic E-state index is 9.64. The number of aliphatic hydroxyl groups excluding tert-OH is 1. The molecule has 1 heterocycles. The lowest BCUT2D eigenvalue weighted by Gasteiger charge is -2.42. The van der Waals surface area contributed by atoms with E-state index in [-0.39, 0.29) is 12.4 Å². The molecule has 7 heteroatoms. The van der Waals surface area contributed by atoms with Gasteiger partial charge in [-0.05, 0) is 14.1 Å². The van der Waals surface area contributed by atoms with Crippen molar-refractivity contribution in [3.05, 3.63) is 11.5 Å². The molecule has 1 unspecified atom stereocenters. The highest BCUT2D eigenvalue weighted by molar-refractivity contribution is 5.24. The highest BCUT2D eigenvalue weighted by Crippen LogP contribution is 2.35. The Morgan fingerprint density at radius 1 is 1.40 bits per heavy atom. The van der Waals surface area contributed by atoms with Crippen LogP contribution in [0.1, 0.15) is 6.42 Å². The maximum absolute atomic E-state index is 9.64. The number of hydroxylamine groups is 1. The van der Waals surface area contributed by atoms with Crippen LogP contribution in [0, 0.1) is 0 Å². The third-order valence-corrected chi connectivity index (χ3v) is 2.94. The number of rotatable bonds is 3. The molecule has 7 nitrogen and oxygen atoms in total. The molecule has 88 valence electrons. The van der Waals surface area contributed by atoms with Crippen molar-refractivity contribution in [2.24, 2.45) is 11.5 Å². The molecule has 0 amide bonds. The van der Waals surface area contributed by atoms with Gasteiger partial charge in [-0.1, -0.05) is 0 Å². The summed E-state index contributed by atoms with van der Waals surface area (Å²) >= 11 is 0. The quantitative estimate of drug-likeness (QED) is 0.445. The Labute approximate surface area is 89.1 Å². The van der Waals surface area contributed by atoms with Gasteiger partial charge in [-0.3, -0.25) is 10.1 Å². The summed E-state index contributed by atoms with van der Waals surface area (Å²) in [6.45, 7) is -0.0513. The molecule has 0 spiro atoms. The van der Waals surface area contributed by atoms with Gasteiger partial charge in [0.15, 0.2) is 5.82 Å². The van der Waals surface area contributed by atoms with Gasteiger partial charge in [0.1, 0.15) is 5.66 Å². The fourth-order valence-corrected chi connectivity index (χ4v) is 2.01. The molecule has 0 bridgehead atoms. The predicted molar refractivity (Wildman–Crippen MR) is 54.9 cm³/mol. The summed E-state index contributed by atoms with van der Waals surface area (Å²) in [7, 11) is 5.28. The van der Waals surface area contributed by atoms with E-state index in [1.54, 1.807) is 7.05 Å². The summed E-state index contributed by atoms with van der Waals surface area (Å²) < 4.78 is 0. The van der Waals surface area contributed by atoms with E-state index in [4.69, 9.17) is 16.6 Å². The van der Waals surface area contributed by atoms with Crippen LogP contribution in [-0.4, -0.2) is 58.8 Å². The normalized spacial score (nSPS) is 28.3. The van der Waals surface area contributed by atoms with Crippen molar-refractivity contribution >= 4 is 0 Å². The van der Waals surface area contributed by atoms with Gasteiger partial charge in [0, 0.05) is 20.1 Å². The van der Waals surface area contributed by atoms with Gasteiger partial charge < -0.3 is 16.6 Å². The molecule has 1 atom stereocenters. The monoisotopic (exact) mass is 217 g/mol. The van der Waals surface area contributed by atoms with Crippen molar-refractivity contribution in [3.8, 4) is 0 Å². The van der Waals surface area contributed by atoms with Crippen LogP contribution in [-0.2, 0) is 0 Å². The molecule has 0 saturated heterocycles. The van der Waals surface area contributed by atoms with E-state index < -0.39 is 5.66 Å². The Balaban J connectivity index is 3.18. The first-order valence-corrected chi connectivity index (χ1v) is 4.66. The van der Waals surface area contributed by atoms with Crippen LogP contribution >= 0.6 is 0 Å². The zero-order chi connectivity index (χ0) is 11.8. The lowest BCUT2D eigenvalue weighted by Crippen LogP contribution is -2.59. The van der Waals surface area contributed by atoms with Crippen LogP contribution in [0.4, 0.5) is 0 Å². The molecule has 1 rings (SSSR count). The number of likely N-dealkylation sites (N-methyl/N-ethyl adjacent to an activating group) is 2. The Bertz CT molecular complexity index is 280. The zero-order valence-corrected chi connectivity index (χ0v) is 9.30.